The zero-order valence-corrected chi connectivity index (χ0v) is 10.2. The molecule has 0 radical (unpaired) electrons. The van der Waals surface area contributed by atoms with Gasteiger partial charge in [0.15, 0.2) is 0 Å². The number of amides is 1. The SMILES string of the molecule is CCCCSC(=O)N(SC)SC. The van der Waals surface area contributed by atoms with Crippen molar-refractivity contribution in [3.05, 3.63) is 0 Å². The second-order valence-electron chi connectivity index (χ2n) is 2.09. The van der Waals surface area contributed by atoms with Gasteiger partial charge < -0.3 is 0 Å². The maximum Gasteiger partial charge on any atom is 0.301 e. The third-order valence-corrected chi connectivity index (χ3v) is 4.25. The molecule has 0 aliphatic heterocycles. The van der Waals surface area contributed by atoms with Crippen molar-refractivity contribution in [1.29, 1.82) is 0 Å². The second kappa shape index (κ2) is 8.13. The summed E-state index contributed by atoms with van der Waals surface area (Å²) in [5, 5.41) is 0.156. The van der Waals surface area contributed by atoms with Gasteiger partial charge in [0.2, 0.25) is 0 Å². The van der Waals surface area contributed by atoms with Crippen LogP contribution in [0.2, 0.25) is 0 Å². The highest BCUT2D eigenvalue weighted by atomic mass is 32.2. The van der Waals surface area contributed by atoms with Crippen molar-refractivity contribution in [3.8, 4) is 0 Å². The molecular weight excluding hydrogens is 210 g/mol. The quantitative estimate of drug-likeness (QED) is 0.527. The van der Waals surface area contributed by atoms with Gasteiger partial charge in [0.05, 0.1) is 0 Å². The molecule has 12 heavy (non-hydrogen) atoms. The minimum absolute atomic E-state index is 0.156. The number of thioether (sulfide) groups is 1. The first-order valence-corrected chi connectivity index (χ1v) is 7.16. The number of carbonyl (C=O) groups is 1. The minimum Gasteiger partial charge on any atom is -0.260 e. The molecular formula is C7H15NOS3. The number of rotatable bonds is 5. The Hall–Kier alpha value is 0.520. The highest BCUT2D eigenvalue weighted by Gasteiger charge is 2.10. The van der Waals surface area contributed by atoms with Crippen LogP contribution in [0.15, 0.2) is 0 Å². The van der Waals surface area contributed by atoms with E-state index in [4.69, 9.17) is 0 Å². The van der Waals surface area contributed by atoms with E-state index in [-0.39, 0.29) is 5.24 Å². The van der Waals surface area contributed by atoms with Crippen molar-refractivity contribution >= 4 is 40.9 Å². The first kappa shape index (κ1) is 12.5. The molecule has 1 amide bonds. The number of carbonyl (C=O) groups excluding carboxylic acids is 1. The molecule has 0 aromatic rings. The lowest BCUT2D eigenvalue weighted by Crippen LogP contribution is -2.10. The van der Waals surface area contributed by atoms with Gasteiger partial charge >= 0.3 is 5.24 Å². The largest absolute Gasteiger partial charge is 0.301 e. The average molecular weight is 225 g/mol. The third-order valence-electron chi connectivity index (χ3n) is 1.20. The van der Waals surface area contributed by atoms with E-state index < -0.39 is 0 Å². The van der Waals surface area contributed by atoms with Crippen molar-refractivity contribution < 1.29 is 4.79 Å². The molecule has 0 N–H and O–H groups in total. The third kappa shape index (κ3) is 5.22. The average Bonchev–Trinajstić information content (AvgIpc) is 2.07. The van der Waals surface area contributed by atoms with E-state index in [0.29, 0.717) is 0 Å². The lowest BCUT2D eigenvalue weighted by molar-refractivity contribution is 0.259. The van der Waals surface area contributed by atoms with Gasteiger partial charge in [0.1, 0.15) is 0 Å². The van der Waals surface area contributed by atoms with Gasteiger partial charge in [-0.15, -0.1) is 0 Å². The monoisotopic (exact) mass is 225 g/mol. The molecule has 0 aliphatic rings. The van der Waals surface area contributed by atoms with Gasteiger partial charge in [-0.25, -0.2) is 3.71 Å². The Kier molecular flexibility index (Phi) is 8.49. The first-order chi connectivity index (χ1) is 5.76. The molecule has 0 aromatic heterocycles. The highest BCUT2D eigenvalue weighted by molar-refractivity contribution is 8.19. The van der Waals surface area contributed by atoms with Crippen molar-refractivity contribution in [2.45, 2.75) is 19.8 Å². The van der Waals surface area contributed by atoms with Gasteiger partial charge in [-0.1, -0.05) is 25.1 Å². The van der Waals surface area contributed by atoms with E-state index >= 15 is 0 Å². The molecule has 0 bridgehead atoms. The molecule has 0 aliphatic carbocycles. The summed E-state index contributed by atoms with van der Waals surface area (Å²) >= 11 is 4.33. The van der Waals surface area contributed by atoms with Gasteiger partial charge in [-0.05, 0) is 30.3 Å². The van der Waals surface area contributed by atoms with Crippen LogP contribution in [-0.4, -0.2) is 27.2 Å². The zero-order valence-electron chi connectivity index (χ0n) is 7.70. The summed E-state index contributed by atoms with van der Waals surface area (Å²) in [7, 11) is 0. The molecule has 2 nitrogen and oxygen atoms in total. The van der Waals surface area contributed by atoms with Crippen molar-refractivity contribution in [3.63, 3.8) is 0 Å². The molecule has 5 heteroatoms. The smallest absolute Gasteiger partial charge is 0.260 e. The van der Waals surface area contributed by atoms with Crippen LogP contribution in [0.1, 0.15) is 19.8 Å². The van der Waals surface area contributed by atoms with Crippen LogP contribution in [0.5, 0.6) is 0 Å². The molecule has 0 atom stereocenters. The predicted octanol–water partition coefficient (Wildman–Crippen LogP) is 3.50. The summed E-state index contributed by atoms with van der Waals surface area (Å²) < 4.78 is 1.69. The lowest BCUT2D eigenvalue weighted by atomic mass is 10.4. The van der Waals surface area contributed by atoms with E-state index in [9.17, 15) is 4.79 Å². The fourth-order valence-electron chi connectivity index (χ4n) is 0.580. The Bertz CT molecular complexity index is 128. The Labute approximate surface area is 87.5 Å². The Morgan fingerprint density at radius 2 is 1.92 bits per heavy atom. The molecule has 72 valence electrons. The van der Waals surface area contributed by atoms with Gasteiger partial charge in [-0.2, -0.15) is 0 Å². The first-order valence-electron chi connectivity index (χ1n) is 3.81. The van der Waals surface area contributed by atoms with Crippen LogP contribution in [0, 0.1) is 0 Å². The number of hydrogen-bond acceptors (Lipinski definition) is 4. The standard InChI is InChI=1S/C7H15NOS3/c1-4-5-6-12-7(9)8(10-2)11-3/h4-6H2,1-3H3. The van der Waals surface area contributed by atoms with Gasteiger partial charge in [0, 0.05) is 18.3 Å². The van der Waals surface area contributed by atoms with Crippen LogP contribution in [0.4, 0.5) is 4.79 Å². The second-order valence-corrected chi connectivity index (χ2v) is 4.83. The Morgan fingerprint density at radius 3 is 2.33 bits per heavy atom. The summed E-state index contributed by atoms with van der Waals surface area (Å²) in [4.78, 5) is 11.3. The minimum atomic E-state index is 0.156. The fourth-order valence-corrected chi connectivity index (χ4v) is 2.95. The summed E-state index contributed by atoms with van der Waals surface area (Å²) in [6.45, 7) is 2.13. The van der Waals surface area contributed by atoms with Gasteiger partial charge in [-0.3, -0.25) is 4.79 Å². The van der Waals surface area contributed by atoms with Crippen LogP contribution in [0.3, 0.4) is 0 Å². The van der Waals surface area contributed by atoms with Crippen molar-refractivity contribution in [1.82, 2.24) is 3.71 Å². The highest BCUT2D eigenvalue weighted by Crippen LogP contribution is 2.23. The fraction of sp³-hybridized carbons (Fsp3) is 0.857. The molecule has 0 spiro atoms. The van der Waals surface area contributed by atoms with Gasteiger partial charge in [0.25, 0.3) is 0 Å². The van der Waals surface area contributed by atoms with Crippen LogP contribution < -0.4 is 0 Å². The van der Waals surface area contributed by atoms with Crippen LogP contribution in [0.25, 0.3) is 0 Å². The van der Waals surface area contributed by atoms with E-state index in [1.54, 1.807) is 3.71 Å². The summed E-state index contributed by atoms with van der Waals surface area (Å²) in [5.74, 6) is 0.937. The van der Waals surface area contributed by atoms with E-state index in [0.717, 1.165) is 18.6 Å². The summed E-state index contributed by atoms with van der Waals surface area (Å²) in [6, 6.07) is 0. The maximum atomic E-state index is 11.3. The normalized spacial score (nSPS) is 9.92. The van der Waals surface area contributed by atoms with E-state index in [1.807, 2.05) is 12.5 Å². The number of unbranched alkanes of at least 4 members (excludes halogenated alkanes) is 1. The Balaban J connectivity index is 3.54. The predicted molar refractivity (Wildman–Crippen MR) is 61.6 cm³/mol. The molecule has 0 fully saturated rings. The molecule has 0 unspecified atom stereocenters. The van der Waals surface area contributed by atoms with Crippen molar-refractivity contribution in [2.75, 3.05) is 18.3 Å². The summed E-state index contributed by atoms with van der Waals surface area (Å²) in [6.07, 6.45) is 6.09. The lowest BCUT2D eigenvalue weighted by Gasteiger charge is -2.13. The molecule has 0 aromatic carbocycles. The molecule has 0 saturated carbocycles. The number of nitrogens with zero attached hydrogens (tertiary/aromatic N) is 1. The number of hydrogen-bond donors (Lipinski definition) is 0. The Morgan fingerprint density at radius 1 is 1.33 bits per heavy atom. The van der Waals surface area contributed by atoms with E-state index in [1.165, 1.54) is 35.7 Å². The molecule has 0 heterocycles. The van der Waals surface area contributed by atoms with Crippen molar-refractivity contribution in [2.24, 2.45) is 0 Å². The summed E-state index contributed by atoms with van der Waals surface area (Å²) in [5.41, 5.74) is 0. The topological polar surface area (TPSA) is 20.3 Å². The molecule has 0 rings (SSSR count). The maximum absolute atomic E-state index is 11.3. The van der Waals surface area contributed by atoms with E-state index in [2.05, 4.69) is 6.92 Å². The van der Waals surface area contributed by atoms with Crippen LogP contribution in [-0.2, 0) is 0 Å². The van der Waals surface area contributed by atoms with Crippen LogP contribution >= 0.6 is 35.7 Å². The zero-order chi connectivity index (χ0) is 9.40. The molecule has 0 saturated heterocycles.